The molecule has 0 atom stereocenters. The molecule has 198 valence electrons. The molecule has 0 fully saturated rings. The van der Waals surface area contributed by atoms with Crippen LogP contribution in [0, 0.1) is 0 Å². The number of nitrogens with zero attached hydrogens (tertiary/aromatic N) is 3. The predicted molar refractivity (Wildman–Crippen MR) is 177 cm³/mol. The van der Waals surface area contributed by atoms with E-state index in [1.165, 1.54) is 20.2 Å². The molecule has 3 nitrogen and oxygen atoms in total. The SMILES string of the molecule is Clc1c(-c2ccccc2)cc(-c2nc(-c3ccccc3)nc(-c3ccc4sc5ccccc5c4c3)n2)c2ccccc12. The average Bonchev–Trinajstić information content (AvgIpc) is 3.44. The first-order valence-electron chi connectivity index (χ1n) is 13.7. The fraction of sp³-hybridized carbons (Fsp3) is 0. The molecule has 0 aliphatic heterocycles. The van der Waals surface area contributed by atoms with Crippen LogP contribution in [0.4, 0.5) is 0 Å². The van der Waals surface area contributed by atoms with Crippen LogP contribution >= 0.6 is 22.9 Å². The summed E-state index contributed by atoms with van der Waals surface area (Å²) in [5.74, 6) is 1.88. The van der Waals surface area contributed by atoms with Crippen molar-refractivity contribution in [3.05, 3.63) is 138 Å². The van der Waals surface area contributed by atoms with Crippen LogP contribution in [-0.2, 0) is 0 Å². The molecule has 0 amide bonds. The van der Waals surface area contributed by atoms with Crippen LogP contribution in [0.25, 0.3) is 76.2 Å². The van der Waals surface area contributed by atoms with E-state index >= 15 is 0 Å². The van der Waals surface area contributed by atoms with E-state index in [9.17, 15) is 0 Å². The minimum Gasteiger partial charge on any atom is -0.208 e. The van der Waals surface area contributed by atoms with Crippen molar-refractivity contribution in [3.8, 4) is 45.3 Å². The van der Waals surface area contributed by atoms with E-state index in [0.29, 0.717) is 22.5 Å². The fourth-order valence-corrected chi connectivity index (χ4v) is 6.97. The van der Waals surface area contributed by atoms with E-state index in [0.717, 1.165) is 38.6 Å². The molecule has 0 aliphatic carbocycles. The molecule has 0 saturated carbocycles. The first-order valence-corrected chi connectivity index (χ1v) is 14.9. The summed E-state index contributed by atoms with van der Waals surface area (Å²) in [6.07, 6.45) is 0. The van der Waals surface area contributed by atoms with Gasteiger partial charge in [-0.15, -0.1) is 11.3 Å². The summed E-state index contributed by atoms with van der Waals surface area (Å²) in [5, 5.41) is 5.13. The molecular weight excluding hydrogens is 554 g/mol. The monoisotopic (exact) mass is 575 g/mol. The molecule has 0 saturated heterocycles. The molecule has 8 aromatic rings. The molecule has 6 aromatic carbocycles. The highest BCUT2D eigenvalue weighted by molar-refractivity contribution is 7.25. The van der Waals surface area contributed by atoms with Gasteiger partial charge in [-0.2, -0.15) is 0 Å². The topological polar surface area (TPSA) is 38.7 Å². The highest BCUT2D eigenvalue weighted by atomic mass is 35.5. The van der Waals surface area contributed by atoms with E-state index in [4.69, 9.17) is 26.6 Å². The second-order valence-electron chi connectivity index (χ2n) is 10.2. The molecule has 0 spiro atoms. The number of thiophene rings is 1. The van der Waals surface area contributed by atoms with E-state index in [1.807, 2.05) is 60.7 Å². The number of rotatable bonds is 4. The summed E-state index contributed by atoms with van der Waals surface area (Å²) in [4.78, 5) is 15.2. The average molecular weight is 576 g/mol. The Morgan fingerprint density at radius 2 is 0.976 bits per heavy atom. The Hall–Kier alpha value is -4.90. The number of benzene rings is 6. The summed E-state index contributed by atoms with van der Waals surface area (Å²) in [6, 6.07) is 45.6. The molecule has 0 radical (unpaired) electrons. The lowest BCUT2D eigenvalue weighted by atomic mass is 9.96. The van der Waals surface area contributed by atoms with Crippen LogP contribution in [-0.4, -0.2) is 15.0 Å². The maximum absolute atomic E-state index is 7.03. The van der Waals surface area contributed by atoms with Crippen molar-refractivity contribution in [1.29, 1.82) is 0 Å². The van der Waals surface area contributed by atoms with Crippen molar-refractivity contribution >= 4 is 53.9 Å². The van der Waals surface area contributed by atoms with Gasteiger partial charge in [0, 0.05) is 47.8 Å². The molecule has 2 aromatic heterocycles. The van der Waals surface area contributed by atoms with Gasteiger partial charge in [-0.25, -0.2) is 15.0 Å². The van der Waals surface area contributed by atoms with Crippen molar-refractivity contribution in [2.75, 3.05) is 0 Å². The van der Waals surface area contributed by atoms with Crippen LogP contribution < -0.4 is 0 Å². The Kier molecular flexibility index (Phi) is 6.03. The van der Waals surface area contributed by atoms with E-state index in [2.05, 4.69) is 72.8 Å². The standard InChI is InChI=1S/C37H22ClN3S/c38-34-28-17-8-7-15-26(28)31(22-29(34)23-11-3-1-4-12-23)37-40-35(24-13-5-2-6-14-24)39-36(41-37)25-19-20-33-30(21-25)27-16-9-10-18-32(27)42-33/h1-22H. The minimum absolute atomic E-state index is 0.610. The van der Waals surface area contributed by atoms with E-state index in [1.54, 1.807) is 11.3 Å². The normalized spacial score (nSPS) is 11.5. The molecule has 0 N–H and O–H groups in total. The number of hydrogen-bond donors (Lipinski definition) is 0. The van der Waals surface area contributed by atoms with Crippen molar-refractivity contribution < 1.29 is 0 Å². The van der Waals surface area contributed by atoms with E-state index < -0.39 is 0 Å². The summed E-state index contributed by atoms with van der Waals surface area (Å²) in [7, 11) is 0. The molecule has 42 heavy (non-hydrogen) atoms. The third-order valence-electron chi connectivity index (χ3n) is 7.61. The molecule has 0 aliphatic rings. The van der Waals surface area contributed by atoms with Gasteiger partial charge in [-0.3, -0.25) is 0 Å². The minimum atomic E-state index is 0.610. The Morgan fingerprint density at radius 1 is 0.405 bits per heavy atom. The van der Waals surface area contributed by atoms with Crippen LogP contribution in [0.2, 0.25) is 5.02 Å². The van der Waals surface area contributed by atoms with Crippen molar-refractivity contribution in [3.63, 3.8) is 0 Å². The number of hydrogen-bond acceptors (Lipinski definition) is 4. The highest BCUT2D eigenvalue weighted by Gasteiger charge is 2.18. The zero-order valence-corrected chi connectivity index (χ0v) is 23.9. The predicted octanol–water partition coefficient (Wildman–Crippen LogP) is 10.7. The second-order valence-corrected chi connectivity index (χ2v) is 11.6. The van der Waals surface area contributed by atoms with Crippen molar-refractivity contribution in [2.24, 2.45) is 0 Å². The van der Waals surface area contributed by atoms with Crippen LogP contribution in [0.3, 0.4) is 0 Å². The van der Waals surface area contributed by atoms with Gasteiger partial charge in [0.05, 0.1) is 5.02 Å². The third-order valence-corrected chi connectivity index (χ3v) is 9.17. The molecule has 8 rings (SSSR count). The molecular formula is C37H22ClN3S. The van der Waals surface area contributed by atoms with E-state index in [-0.39, 0.29) is 0 Å². The maximum Gasteiger partial charge on any atom is 0.164 e. The van der Waals surface area contributed by atoms with Crippen molar-refractivity contribution in [2.45, 2.75) is 0 Å². The van der Waals surface area contributed by atoms with Gasteiger partial charge in [0.25, 0.3) is 0 Å². The molecule has 5 heteroatoms. The van der Waals surface area contributed by atoms with Crippen molar-refractivity contribution in [1.82, 2.24) is 15.0 Å². The lowest BCUT2D eigenvalue weighted by Gasteiger charge is -2.14. The number of aromatic nitrogens is 3. The Labute approximate surface area is 251 Å². The number of halogens is 1. The van der Waals surface area contributed by atoms with Gasteiger partial charge < -0.3 is 0 Å². The Balaban J connectivity index is 1.40. The summed E-state index contributed by atoms with van der Waals surface area (Å²) < 4.78 is 2.51. The Bertz CT molecular complexity index is 2260. The van der Waals surface area contributed by atoms with Gasteiger partial charge in [-0.05, 0) is 41.3 Å². The maximum atomic E-state index is 7.03. The summed E-state index contributed by atoms with van der Waals surface area (Å²) >= 11 is 8.83. The van der Waals surface area contributed by atoms with Gasteiger partial charge in [-0.1, -0.05) is 115 Å². The molecule has 2 heterocycles. The largest absolute Gasteiger partial charge is 0.208 e. The lowest BCUT2D eigenvalue weighted by Crippen LogP contribution is -2.01. The zero-order chi connectivity index (χ0) is 28.0. The molecule has 0 unspecified atom stereocenters. The molecule has 0 bridgehead atoms. The van der Waals surface area contributed by atoms with Gasteiger partial charge in [0.1, 0.15) is 0 Å². The smallest absolute Gasteiger partial charge is 0.164 e. The highest BCUT2D eigenvalue weighted by Crippen LogP contribution is 2.41. The quantitative estimate of drug-likeness (QED) is 0.209. The summed E-state index contributed by atoms with van der Waals surface area (Å²) in [5.41, 5.74) is 4.79. The van der Waals surface area contributed by atoms with Crippen LogP contribution in [0.15, 0.2) is 133 Å². The lowest BCUT2D eigenvalue weighted by molar-refractivity contribution is 1.08. The Morgan fingerprint density at radius 3 is 1.74 bits per heavy atom. The van der Waals surface area contributed by atoms with Gasteiger partial charge >= 0.3 is 0 Å². The van der Waals surface area contributed by atoms with Gasteiger partial charge in [0.2, 0.25) is 0 Å². The number of fused-ring (bicyclic) bond motifs is 4. The third kappa shape index (κ3) is 4.24. The second kappa shape index (κ2) is 10.2. The summed E-state index contributed by atoms with van der Waals surface area (Å²) in [6.45, 7) is 0. The first-order chi connectivity index (χ1) is 20.7. The van der Waals surface area contributed by atoms with Crippen LogP contribution in [0.1, 0.15) is 0 Å². The van der Waals surface area contributed by atoms with Gasteiger partial charge in [0.15, 0.2) is 17.5 Å². The zero-order valence-electron chi connectivity index (χ0n) is 22.3. The fourth-order valence-electron chi connectivity index (χ4n) is 5.56. The first kappa shape index (κ1) is 24.9. The van der Waals surface area contributed by atoms with Crippen LogP contribution in [0.5, 0.6) is 0 Å².